The van der Waals surface area contributed by atoms with Crippen molar-refractivity contribution in [2.75, 3.05) is 11.5 Å². The molecule has 1 aliphatic heterocycles. The van der Waals surface area contributed by atoms with E-state index in [1.54, 1.807) is 32.0 Å². The lowest BCUT2D eigenvalue weighted by molar-refractivity contribution is -0.147. The number of benzene rings is 2. The molecule has 10 heteroatoms. The number of carbonyl (C=O) groups is 2. The van der Waals surface area contributed by atoms with Gasteiger partial charge >= 0.3 is 5.97 Å². The molecular formula is C21H17F3N2O4S. The van der Waals surface area contributed by atoms with E-state index in [1.807, 2.05) is 0 Å². The Bertz CT molecular complexity index is 1200. The highest BCUT2D eigenvalue weighted by Crippen LogP contribution is 2.39. The van der Waals surface area contributed by atoms with Crippen LogP contribution in [0.2, 0.25) is 0 Å². The van der Waals surface area contributed by atoms with Gasteiger partial charge in [0.25, 0.3) is 5.91 Å². The minimum atomic E-state index is -1.57. The van der Waals surface area contributed by atoms with Crippen LogP contribution >= 0.6 is 11.3 Å². The lowest BCUT2D eigenvalue weighted by Crippen LogP contribution is -2.46. The number of nitrogens with zero attached hydrogens (tertiary/aromatic N) is 2. The summed E-state index contributed by atoms with van der Waals surface area (Å²) in [5, 5.41) is 0.275. The van der Waals surface area contributed by atoms with E-state index >= 15 is 0 Å². The number of aryl methyl sites for hydroxylation is 1. The van der Waals surface area contributed by atoms with Crippen molar-refractivity contribution < 1.29 is 32.2 Å². The van der Waals surface area contributed by atoms with Crippen molar-refractivity contribution in [2.24, 2.45) is 0 Å². The molecular weight excluding hydrogens is 433 g/mol. The third-order valence-electron chi connectivity index (χ3n) is 4.80. The van der Waals surface area contributed by atoms with Gasteiger partial charge in [-0.15, -0.1) is 11.3 Å². The lowest BCUT2D eigenvalue weighted by Gasteiger charge is -2.34. The summed E-state index contributed by atoms with van der Waals surface area (Å²) in [5.41, 5.74) is 1.18. The molecule has 0 saturated heterocycles. The molecule has 1 aromatic heterocycles. The zero-order valence-corrected chi connectivity index (χ0v) is 17.4. The van der Waals surface area contributed by atoms with Gasteiger partial charge in [0, 0.05) is 6.07 Å². The molecule has 4 rings (SSSR count). The van der Waals surface area contributed by atoms with Gasteiger partial charge in [-0.3, -0.25) is 14.5 Å². The average molecular weight is 450 g/mol. The predicted molar refractivity (Wildman–Crippen MR) is 108 cm³/mol. The van der Waals surface area contributed by atoms with E-state index in [1.165, 1.54) is 4.90 Å². The van der Waals surface area contributed by atoms with Gasteiger partial charge in [0.05, 0.1) is 35.5 Å². The van der Waals surface area contributed by atoms with Crippen LogP contribution in [0.4, 0.5) is 18.9 Å². The van der Waals surface area contributed by atoms with Crippen molar-refractivity contribution in [2.45, 2.75) is 32.9 Å². The maximum Gasteiger partial charge on any atom is 0.310 e. The number of para-hydroxylation sites is 1. The van der Waals surface area contributed by atoms with Gasteiger partial charge in [-0.1, -0.05) is 12.1 Å². The van der Waals surface area contributed by atoms with Crippen LogP contribution in [0.5, 0.6) is 5.75 Å². The first-order chi connectivity index (χ1) is 14.8. The number of anilines is 1. The second-order valence-electron chi connectivity index (χ2n) is 6.91. The first-order valence-electron chi connectivity index (χ1n) is 9.46. The number of hydrogen-bond donors (Lipinski definition) is 0. The summed E-state index contributed by atoms with van der Waals surface area (Å²) in [6.07, 6.45) is -1.38. The first-order valence-corrected chi connectivity index (χ1v) is 10.3. The Morgan fingerprint density at radius 1 is 1.29 bits per heavy atom. The van der Waals surface area contributed by atoms with Crippen molar-refractivity contribution in [1.29, 1.82) is 0 Å². The van der Waals surface area contributed by atoms with Gasteiger partial charge in [0.15, 0.2) is 23.6 Å². The maximum atomic E-state index is 14.1. The van der Waals surface area contributed by atoms with Crippen molar-refractivity contribution >= 4 is 39.1 Å². The standard InChI is InChI=1S/C21H17F3N2O4S/c1-3-29-16(27)8-14-21(28)26(13-6-4-5-10(2)19(13)30-14)9-15-25-12-7-11(22)17(23)18(24)20(12)31-15/h4-7,14H,3,8-9H2,1-2H3. The van der Waals surface area contributed by atoms with E-state index in [-0.39, 0.29) is 34.8 Å². The second-order valence-corrected chi connectivity index (χ2v) is 7.99. The van der Waals surface area contributed by atoms with Gasteiger partial charge in [-0.05, 0) is 25.5 Å². The highest BCUT2D eigenvalue weighted by molar-refractivity contribution is 7.18. The summed E-state index contributed by atoms with van der Waals surface area (Å²) in [6, 6.07) is 6.03. The number of hydrogen-bond acceptors (Lipinski definition) is 6. The SMILES string of the molecule is CCOC(=O)CC1Oc2c(C)cccc2N(Cc2nc3cc(F)c(F)c(F)c3s2)C1=O. The monoisotopic (exact) mass is 450 g/mol. The molecule has 0 saturated carbocycles. The van der Waals surface area contributed by atoms with Gasteiger partial charge in [-0.25, -0.2) is 18.2 Å². The Hall–Kier alpha value is -3.14. The molecule has 1 unspecified atom stereocenters. The van der Waals surface area contributed by atoms with Crippen LogP contribution in [-0.2, 0) is 20.9 Å². The number of carbonyl (C=O) groups excluding carboxylic acids is 2. The van der Waals surface area contributed by atoms with Gasteiger partial charge in [0.2, 0.25) is 0 Å². The smallest absolute Gasteiger partial charge is 0.310 e. The Morgan fingerprint density at radius 2 is 2.06 bits per heavy atom. The summed E-state index contributed by atoms with van der Waals surface area (Å²) in [6.45, 7) is 3.54. The minimum Gasteiger partial charge on any atom is -0.477 e. The fourth-order valence-electron chi connectivity index (χ4n) is 3.38. The molecule has 0 aliphatic carbocycles. The van der Waals surface area contributed by atoms with E-state index < -0.39 is 35.4 Å². The van der Waals surface area contributed by atoms with Crippen LogP contribution in [0.3, 0.4) is 0 Å². The Morgan fingerprint density at radius 3 is 2.81 bits per heavy atom. The summed E-state index contributed by atoms with van der Waals surface area (Å²) < 4.78 is 51.8. The first kappa shape index (κ1) is 21.1. The van der Waals surface area contributed by atoms with Crippen molar-refractivity contribution in [3.05, 3.63) is 52.3 Å². The van der Waals surface area contributed by atoms with E-state index in [0.717, 1.165) is 23.0 Å². The van der Waals surface area contributed by atoms with Crippen LogP contribution < -0.4 is 9.64 Å². The molecule has 1 atom stereocenters. The van der Waals surface area contributed by atoms with Gasteiger partial charge in [0.1, 0.15) is 10.8 Å². The molecule has 162 valence electrons. The highest BCUT2D eigenvalue weighted by Gasteiger charge is 2.37. The molecule has 3 aromatic rings. The number of thiazole rings is 1. The number of fused-ring (bicyclic) bond motifs is 2. The number of rotatable bonds is 5. The van der Waals surface area contributed by atoms with Crippen LogP contribution in [0, 0.1) is 24.4 Å². The van der Waals surface area contributed by atoms with E-state index in [4.69, 9.17) is 9.47 Å². The summed E-state index contributed by atoms with van der Waals surface area (Å²) in [7, 11) is 0. The quantitative estimate of drug-likeness (QED) is 0.429. The molecule has 0 N–H and O–H groups in total. The second kappa shape index (κ2) is 8.18. The van der Waals surface area contributed by atoms with Crippen molar-refractivity contribution in [3.63, 3.8) is 0 Å². The normalized spacial score (nSPS) is 15.7. The zero-order chi connectivity index (χ0) is 22.3. The predicted octanol–water partition coefficient (Wildman–Crippen LogP) is 4.27. The van der Waals surface area contributed by atoms with Crippen molar-refractivity contribution in [3.8, 4) is 5.75 Å². The van der Waals surface area contributed by atoms with E-state index in [0.29, 0.717) is 11.4 Å². The molecule has 0 radical (unpaired) electrons. The van der Waals surface area contributed by atoms with Gasteiger partial charge < -0.3 is 9.47 Å². The molecule has 6 nitrogen and oxygen atoms in total. The van der Waals surface area contributed by atoms with E-state index in [9.17, 15) is 22.8 Å². The van der Waals surface area contributed by atoms with Crippen LogP contribution in [0.25, 0.3) is 10.2 Å². The number of ether oxygens (including phenoxy) is 2. The van der Waals surface area contributed by atoms with Crippen LogP contribution in [-0.4, -0.2) is 29.6 Å². The van der Waals surface area contributed by atoms with Crippen LogP contribution in [0.1, 0.15) is 23.9 Å². The maximum absolute atomic E-state index is 14.1. The Kier molecular flexibility index (Phi) is 5.57. The number of aromatic nitrogens is 1. The zero-order valence-electron chi connectivity index (χ0n) is 16.6. The molecule has 2 aromatic carbocycles. The number of esters is 1. The van der Waals surface area contributed by atoms with Gasteiger partial charge in [-0.2, -0.15) is 0 Å². The lowest BCUT2D eigenvalue weighted by atomic mass is 10.1. The summed E-state index contributed by atoms with van der Waals surface area (Å²) in [4.78, 5) is 30.6. The molecule has 2 heterocycles. The topological polar surface area (TPSA) is 68.7 Å². The van der Waals surface area contributed by atoms with Crippen LogP contribution in [0.15, 0.2) is 24.3 Å². The fourth-order valence-corrected chi connectivity index (χ4v) is 4.34. The number of halogens is 3. The summed E-state index contributed by atoms with van der Waals surface area (Å²) in [5.74, 6) is -4.86. The summed E-state index contributed by atoms with van der Waals surface area (Å²) >= 11 is 0.825. The average Bonchev–Trinajstić information content (AvgIpc) is 3.13. The molecule has 1 amide bonds. The number of amides is 1. The minimum absolute atomic E-state index is 0.0374. The Labute approximate surface area is 179 Å². The molecule has 0 spiro atoms. The van der Waals surface area contributed by atoms with Crippen molar-refractivity contribution in [1.82, 2.24) is 4.98 Å². The highest BCUT2D eigenvalue weighted by atomic mass is 32.1. The van der Waals surface area contributed by atoms with E-state index in [2.05, 4.69) is 4.98 Å². The fraction of sp³-hybridized carbons (Fsp3) is 0.286. The molecule has 0 fully saturated rings. The Balaban J connectivity index is 1.71. The third-order valence-corrected chi connectivity index (χ3v) is 5.85. The molecule has 0 bridgehead atoms. The third kappa shape index (κ3) is 3.83. The largest absolute Gasteiger partial charge is 0.477 e. The molecule has 1 aliphatic rings. The molecule has 31 heavy (non-hydrogen) atoms.